The lowest BCUT2D eigenvalue weighted by Gasteiger charge is -2.16. The number of thiazole rings is 1. The van der Waals surface area contributed by atoms with Crippen molar-refractivity contribution < 1.29 is 22.2 Å². The summed E-state index contributed by atoms with van der Waals surface area (Å²) in [5.41, 5.74) is 4.75. The predicted octanol–water partition coefficient (Wildman–Crippen LogP) is 6.21. The quantitative estimate of drug-likeness (QED) is 0.159. The Morgan fingerprint density at radius 2 is 1.68 bits per heavy atom. The van der Waals surface area contributed by atoms with E-state index in [1.54, 1.807) is 37.4 Å². The van der Waals surface area contributed by atoms with E-state index in [2.05, 4.69) is 10.3 Å². The van der Waals surface area contributed by atoms with Gasteiger partial charge in [0.1, 0.15) is 10.8 Å². The van der Waals surface area contributed by atoms with Gasteiger partial charge in [-0.15, -0.1) is 11.3 Å². The van der Waals surface area contributed by atoms with Gasteiger partial charge in [-0.05, 0) is 36.6 Å². The average Bonchev–Trinajstić information content (AvgIpc) is 3.60. The van der Waals surface area contributed by atoms with Gasteiger partial charge in [-0.2, -0.15) is 8.42 Å². The second-order valence-electron chi connectivity index (χ2n) is 9.22. The van der Waals surface area contributed by atoms with E-state index < -0.39 is 10.3 Å². The summed E-state index contributed by atoms with van der Waals surface area (Å²) < 4.78 is 39.4. The van der Waals surface area contributed by atoms with Crippen molar-refractivity contribution in [1.29, 1.82) is 0 Å². The van der Waals surface area contributed by atoms with Crippen LogP contribution < -0.4 is 10.0 Å². The summed E-state index contributed by atoms with van der Waals surface area (Å²) in [7, 11) is -4.36. The standard InChI is InChI=1S/C29H26N4O5S2/c1-19(34)15-20-7-11-22(12-8-20)27-17-30-29(38-27)32-25(16-21-9-13-24(14-10-21)33-40(35,36)37)26-18-39-28(31-26)23-5-3-2-4-6-23/h2-14,17-18,25,33H,15-16H2,1H3,(H,30,32)(H,35,36,37)/t25-/m0/s1. The van der Waals surface area contributed by atoms with Gasteiger partial charge in [0, 0.05) is 22.9 Å². The summed E-state index contributed by atoms with van der Waals surface area (Å²) in [5.74, 6) is 0.686. The highest BCUT2D eigenvalue weighted by Crippen LogP contribution is 2.31. The van der Waals surface area contributed by atoms with Crippen LogP contribution in [0.2, 0.25) is 0 Å². The molecule has 0 amide bonds. The molecule has 0 spiro atoms. The Morgan fingerprint density at radius 3 is 2.35 bits per heavy atom. The number of nitrogens with zero attached hydrogens (tertiary/aromatic N) is 2. The summed E-state index contributed by atoms with van der Waals surface area (Å²) in [4.78, 5) is 20.7. The molecule has 0 bridgehead atoms. The SMILES string of the molecule is CC(=O)Cc1ccc(-c2cnc(N[C@@H](Cc3ccc(NS(=O)(=O)O)cc3)c3csc(-c4ccccc4)n3)o2)cc1. The molecule has 0 saturated carbocycles. The van der Waals surface area contributed by atoms with Crippen LogP contribution in [0.25, 0.3) is 21.9 Å². The second-order valence-corrected chi connectivity index (χ2v) is 11.2. The number of hydrogen-bond acceptors (Lipinski definition) is 8. The largest absolute Gasteiger partial charge is 0.424 e. The van der Waals surface area contributed by atoms with Crippen LogP contribution in [0.3, 0.4) is 0 Å². The summed E-state index contributed by atoms with van der Waals surface area (Å²) in [6.07, 6.45) is 2.53. The minimum Gasteiger partial charge on any atom is -0.424 e. The van der Waals surface area contributed by atoms with Crippen LogP contribution >= 0.6 is 11.3 Å². The van der Waals surface area contributed by atoms with E-state index in [1.807, 2.05) is 64.7 Å². The van der Waals surface area contributed by atoms with Crippen LogP contribution in [0.4, 0.5) is 11.7 Å². The van der Waals surface area contributed by atoms with Crippen molar-refractivity contribution in [2.24, 2.45) is 0 Å². The number of rotatable bonds is 11. The smallest absolute Gasteiger partial charge is 0.357 e. The number of Topliss-reactive ketones (excluding diaryl/α,β-unsaturated/α-hetero) is 1. The minimum atomic E-state index is -4.36. The number of ketones is 1. The van der Waals surface area contributed by atoms with Gasteiger partial charge in [-0.3, -0.25) is 14.1 Å². The maximum absolute atomic E-state index is 11.4. The van der Waals surface area contributed by atoms with Gasteiger partial charge in [0.25, 0.3) is 6.01 Å². The van der Waals surface area contributed by atoms with Gasteiger partial charge in [-0.25, -0.2) is 9.97 Å². The van der Waals surface area contributed by atoms with Crippen molar-refractivity contribution in [3.05, 3.63) is 107 Å². The molecule has 0 aliphatic carbocycles. The van der Waals surface area contributed by atoms with Crippen molar-refractivity contribution in [3.63, 3.8) is 0 Å². The Hall–Kier alpha value is -4.32. The van der Waals surface area contributed by atoms with Gasteiger partial charge in [0.15, 0.2) is 5.76 Å². The van der Waals surface area contributed by atoms with Crippen LogP contribution in [-0.2, 0) is 27.9 Å². The number of carbonyl (C=O) groups excluding carboxylic acids is 1. The van der Waals surface area contributed by atoms with Gasteiger partial charge in [0.2, 0.25) is 0 Å². The molecule has 40 heavy (non-hydrogen) atoms. The first kappa shape index (κ1) is 27.3. The van der Waals surface area contributed by atoms with Crippen LogP contribution in [0.5, 0.6) is 0 Å². The fraction of sp³-hybridized carbons (Fsp3) is 0.138. The number of carbonyl (C=O) groups is 1. The van der Waals surface area contributed by atoms with E-state index in [4.69, 9.17) is 14.0 Å². The van der Waals surface area contributed by atoms with Gasteiger partial charge < -0.3 is 9.73 Å². The van der Waals surface area contributed by atoms with E-state index in [0.29, 0.717) is 24.6 Å². The van der Waals surface area contributed by atoms with Crippen LogP contribution in [0.15, 0.2) is 94.9 Å². The van der Waals surface area contributed by atoms with E-state index in [0.717, 1.165) is 33.0 Å². The van der Waals surface area contributed by atoms with Gasteiger partial charge >= 0.3 is 10.3 Å². The molecule has 0 fully saturated rings. The van der Waals surface area contributed by atoms with E-state index in [9.17, 15) is 13.2 Å². The molecular formula is C29H26N4O5S2. The lowest BCUT2D eigenvalue weighted by atomic mass is 10.0. The van der Waals surface area contributed by atoms with E-state index >= 15 is 0 Å². The molecule has 5 aromatic rings. The molecule has 1 atom stereocenters. The molecule has 2 aromatic heterocycles. The first-order valence-corrected chi connectivity index (χ1v) is 14.7. The topological polar surface area (TPSA) is 134 Å². The molecule has 0 aliphatic heterocycles. The average molecular weight is 575 g/mol. The Morgan fingerprint density at radius 1 is 0.975 bits per heavy atom. The highest BCUT2D eigenvalue weighted by Gasteiger charge is 2.20. The van der Waals surface area contributed by atoms with Crippen LogP contribution in [-0.4, -0.2) is 28.7 Å². The third-order valence-electron chi connectivity index (χ3n) is 6.04. The number of hydrogen-bond donors (Lipinski definition) is 3. The Balaban J connectivity index is 1.38. The van der Waals surface area contributed by atoms with Gasteiger partial charge in [0.05, 0.1) is 23.6 Å². The summed E-state index contributed by atoms with van der Waals surface area (Å²) >= 11 is 1.54. The molecule has 9 nitrogen and oxygen atoms in total. The minimum absolute atomic E-state index is 0.103. The molecule has 3 N–H and O–H groups in total. The molecule has 5 rings (SSSR count). The number of anilines is 2. The first-order valence-electron chi connectivity index (χ1n) is 12.4. The summed E-state index contributed by atoms with van der Waals surface area (Å²) in [5, 5.41) is 6.23. The zero-order chi connectivity index (χ0) is 28.1. The van der Waals surface area contributed by atoms with E-state index in [1.165, 1.54) is 11.3 Å². The molecule has 0 aliphatic rings. The molecule has 0 unspecified atom stereocenters. The fourth-order valence-electron chi connectivity index (χ4n) is 4.18. The zero-order valence-corrected chi connectivity index (χ0v) is 23.1. The fourth-order valence-corrected chi connectivity index (χ4v) is 5.49. The third kappa shape index (κ3) is 7.20. The van der Waals surface area contributed by atoms with E-state index in [-0.39, 0.29) is 17.5 Å². The summed E-state index contributed by atoms with van der Waals surface area (Å²) in [6.45, 7) is 1.56. The number of benzene rings is 3. The number of aromatic nitrogens is 2. The van der Waals surface area contributed by atoms with Crippen molar-refractivity contribution in [2.45, 2.75) is 25.8 Å². The molecule has 11 heteroatoms. The first-order chi connectivity index (χ1) is 19.2. The predicted molar refractivity (Wildman–Crippen MR) is 156 cm³/mol. The molecule has 3 aromatic carbocycles. The third-order valence-corrected chi connectivity index (χ3v) is 7.44. The molecule has 2 heterocycles. The lowest BCUT2D eigenvalue weighted by Crippen LogP contribution is -2.15. The molecule has 0 radical (unpaired) electrons. The lowest BCUT2D eigenvalue weighted by molar-refractivity contribution is -0.116. The monoisotopic (exact) mass is 574 g/mol. The maximum Gasteiger partial charge on any atom is 0.357 e. The van der Waals surface area contributed by atoms with Crippen molar-refractivity contribution in [1.82, 2.24) is 9.97 Å². The maximum atomic E-state index is 11.4. The molecule has 0 saturated heterocycles. The van der Waals surface area contributed by atoms with Crippen molar-refractivity contribution >= 4 is 39.1 Å². The van der Waals surface area contributed by atoms with Crippen LogP contribution in [0.1, 0.15) is 29.8 Å². The number of nitrogens with one attached hydrogen (secondary N) is 2. The Kier molecular flexibility index (Phi) is 8.06. The zero-order valence-electron chi connectivity index (χ0n) is 21.4. The molecular weight excluding hydrogens is 548 g/mol. The Bertz CT molecular complexity index is 1700. The summed E-state index contributed by atoms with van der Waals surface area (Å²) in [6, 6.07) is 24.2. The second kappa shape index (κ2) is 11.8. The normalized spacial score (nSPS) is 12.2. The van der Waals surface area contributed by atoms with Gasteiger partial charge in [-0.1, -0.05) is 66.7 Å². The van der Waals surface area contributed by atoms with Crippen LogP contribution in [0, 0.1) is 0 Å². The highest BCUT2D eigenvalue weighted by atomic mass is 32.2. The number of oxazole rings is 1. The van der Waals surface area contributed by atoms with Crippen molar-refractivity contribution in [2.75, 3.05) is 10.0 Å². The molecule has 204 valence electrons. The Labute approximate surface area is 235 Å². The highest BCUT2D eigenvalue weighted by molar-refractivity contribution is 7.87. The van der Waals surface area contributed by atoms with Crippen molar-refractivity contribution in [3.8, 4) is 21.9 Å².